The van der Waals surface area contributed by atoms with Crippen LogP contribution in [0.3, 0.4) is 0 Å². The Morgan fingerprint density at radius 2 is 1.77 bits per heavy atom. The third kappa shape index (κ3) is 3.46. The van der Waals surface area contributed by atoms with Crippen LogP contribution in [-0.2, 0) is 0 Å². The molecule has 134 valence electrons. The smallest absolute Gasteiger partial charge is 0.307 e. The molecular formula is C19H18N2O5. The van der Waals surface area contributed by atoms with Crippen LogP contribution in [-0.4, -0.2) is 33.5 Å². The third-order valence-corrected chi connectivity index (χ3v) is 3.74. The lowest BCUT2D eigenvalue weighted by molar-refractivity contribution is 0.0929. The van der Waals surface area contributed by atoms with Crippen LogP contribution >= 0.6 is 0 Å². The van der Waals surface area contributed by atoms with Crippen LogP contribution in [0.4, 0.5) is 0 Å². The Bertz CT molecular complexity index is 962. The van der Waals surface area contributed by atoms with Gasteiger partial charge in [0.05, 0.1) is 27.5 Å². The maximum atomic E-state index is 12.2. The van der Waals surface area contributed by atoms with Crippen molar-refractivity contribution in [2.75, 3.05) is 21.3 Å². The Morgan fingerprint density at radius 1 is 1.00 bits per heavy atom. The van der Waals surface area contributed by atoms with Gasteiger partial charge in [-0.05, 0) is 35.9 Å². The fourth-order valence-electron chi connectivity index (χ4n) is 2.46. The quantitative estimate of drug-likeness (QED) is 0.543. The van der Waals surface area contributed by atoms with Crippen molar-refractivity contribution in [1.82, 2.24) is 5.43 Å². The van der Waals surface area contributed by atoms with Crippen LogP contribution in [0, 0.1) is 0 Å². The summed E-state index contributed by atoms with van der Waals surface area (Å²) in [5.41, 5.74) is 3.70. The van der Waals surface area contributed by atoms with E-state index in [-0.39, 0.29) is 5.76 Å². The summed E-state index contributed by atoms with van der Waals surface area (Å²) in [5.74, 6) is 1.45. The van der Waals surface area contributed by atoms with Gasteiger partial charge in [-0.2, -0.15) is 5.10 Å². The number of rotatable bonds is 6. The molecule has 0 spiro atoms. The minimum atomic E-state index is -0.458. The van der Waals surface area contributed by atoms with E-state index in [2.05, 4.69) is 10.5 Å². The van der Waals surface area contributed by atoms with E-state index in [1.807, 2.05) is 12.1 Å². The van der Waals surface area contributed by atoms with E-state index in [4.69, 9.17) is 18.6 Å². The van der Waals surface area contributed by atoms with Crippen molar-refractivity contribution in [2.24, 2.45) is 5.10 Å². The number of amides is 1. The standard InChI is InChI=1S/C19H18N2O5/c1-23-14-8-7-12(9-16(14)25-3)11-20-21-19(22)17-10-13-5-4-6-15(24-2)18(13)26-17/h4-11H,1-3H3,(H,21,22)/b20-11-. The average molecular weight is 354 g/mol. The molecule has 0 unspecified atom stereocenters. The van der Waals surface area contributed by atoms with Crippen LogP contribution < -0.4 is 19.6 Å². The SMILES string of the molecule is COc1ccc(/C=N\NC(=O)c2cc3cccc(OC)c3o2)cc1OC. The minimum Gasteiger partial charge on any atom is -0.493 e. The summed E-state index contributed by atoms with van der Waals surface area (Å²) < 4.78 is 21.2. The number of benzene rings is 2. The molecule has 0 bridgehead atoms. The molecule has 2 aromatic carbocycles. The number of carbonyl (C=O) groups is 1. The van der Waals surface area contributed by atoms with E-state index < -0.39 is 5.91 Å². The van der Waals surface area contributed by atoms with Crippen molar-refractivity contribution in [1.29, 1.82) is 0 Å². The van der Waals surface area contributed by atoms with Gasteiger partial charge in [-0.25, -0.2) is 5.43 Å². The summed E-state index contributed by atoms with van der Waals surface area (Å²) in [5, 5.41) is 4.73. The van der Waals surface area contributed by atoms with E-state index in [0.717, 1.165) is 10.9 Å². The van der Waals surface area contributed by atoms with Crippen molar-refractivity contribution in [3.8, 4) is 17.2 Å². The van der Waals surface area contributed by atoms with Gasteiger partial charge in [-0.15, -0.1) is 0 Å². The molecule has 1 amide bonds. The zero-order chi connectivity index (χ0) is 18.5. The monoisotopic (exact) mass is 354 g/mol. The number of hydrogen-bond donors (Lipinski definition) is 1. The van der Waals surface area contributed by atoms with Gasteiger partial charge in [0.1, 0.15) is 0 Å². The number of para-hydroxylation sites is 1. The number of nitrogens with one attached hydrogen (secondary N) is 1. The number of nitrogens with zero attached hydrogens (tertiary/aromatic N) is 1. The van der Waals surface area contributed by atoms with Crippen molar-refractivity contribution in [3.63, 3.8) is 0 Å². The van der Waals surface area contributed by atoms with Gasteiger partial charge in [0.25, 0.3) is 0 Å². The molecule has 0 saturated carbocycles. The van der Waals surface area contributed by atoms with Gasteiger partial charge in [0.15, 0.2) is 28.6 Å². The fourth-order valence-corrected chi connectivity index (χ4v) is 2.46. The molecule has 7 nitrogen and oxygen atoms in total. The fraction of sp³-hybridized carbons (Fsp3) is 0.158. The van der Waals surface area contributed by atoms with Crippen LogP contribution in [0.1, 0.15) is 16.1 Å². The number of methoxy groups -OCH3 is 3. The molecule has 1 heterocycles. The number of fused-ring (bicyclic) bond motifs is 1. The Morgan fingerprint density at radius 3 is 2.50 bits per heavy atom. The van der Waals surface area contributed by atoms with Gasteiger partial charge >= 0.3 is 5.91 Å². The van der Waals surface area contributed by atoms with Crippen LogP contribution in [0.15, 0.2) is 52.0 Å². The van der Waals surface area contributed by atoms with Crippen molar-refractivity contribution < 1.29 is 23.4 Å². The number of furan rings is 1. The second-order valence-electron chi connectivity index (χ2n) is 5.30. The summed E-state index contributed by atoms with van der Waals surface area (Å²) >= 11 is 0. The Kier molecular flexibility index (Phi) is 5.07. The molecule has 0 fully saturated rings. The van der Waals surface area contributed by atoms with Crippen LogP contribution in [0.25, 0.3) is 11.0 Å². The highest BCUT2D eigenvalue weighted by molar-refractivity contribution is 5.97. The summed E-state index contributed by atoms with van der Waals surface area (Å²) in [4.78, 5) is 12.2. The second-order valence-corrected chi connectivity index (χ2v) is 5.30. The molecular weight excluding hydrogens is 336 g/mol. The first-order chi connectivity index (χ1) is 12.7. The van der Waals surface area contributed by atoms with Gasteiger partial charge in [-0.3, -0.25) is 4.79 Å². The number of hydrazone groups is 1. The lowest BCUT2D eigenvalue weighted by Gasteiger charge is -2.07. The Labute approximate surface area is 150 Å². The molecule has 0 saturated heterocycles. The molecule has 0 aliphatic rings. The molecule has 3 aromatic rings. The third-order valence-electron chi connectivity index (χ3n) is 3.74. The molecule has 7 heteroatoms. The normalized spacial score (nSPS) is 10.9. The Balaban J connectivity index is 1.73. The van der Waals surface area contributed by atoms with E-state index in [1.54, 1.807) is 51.7 Å². The number of carbonyl (C=O) groups excluding carboxylic acids is 1. The largest absolute Gasteiger partial charge is 0.493 e. The van der Waals surface area contributed by atoms with E-state index in [1.165, 1.54) is 6.21 Å². The molecule has 3 rings (SSSR count). The topological polar surface area (TPSA) is 82.3 Å². The first-order valence-corrected chi connectivity index (χ1v) is 7.78. The maximum Gasteiger partial charge on any atom is 0.307 e. The van der Waals surface area contributed by atoms with E-state index in [9.17, 15) is 4.79 Å². The predicted molar refractivity (Wildman–Crippen MR) is 97.4 cm³/mol. The Hall–Kier alpha value is -3.48. The van der Waals surface area contributed by atoms with Crippen molar-refractivity contribution >= 4 is 23.1 Å². The summed E-state index contributed by atoms with van der Waals surface area (Å²) in [6, 6.07) is 12.4. The number of ether oxygens (including phenoxy) is 3. The summed E-state index contributed by atoms with van der Waals surface area (Å²) in [6.45, 7) is 0. The predicted octanol–water partition coefficient (Wildman–Crippen LogP) is 3.22. The van der Waals surface area contributed by atoms with Crippen molar-refractivity contribution in [3.05, 3.63) is 53.8 Å². The highest BCUT2D eigenvalue weighted by Crippen LogP contribution is 2.28. The molecule has 0 aliphatic carbocycles. The van der Waals surface area contributed by atoms with Crippen LogP contribution in [0.2, 0.25) is 0 Å². The highest BCUT2D eigenvalue weighted by atomic mass is 16.5. The van der Waals surface area contributed by atoms with Crippen LogP contribution in [0.5, 0.6) is 17.2 Å². The molecule has 0 aliphatic heterocycles. The molecule has 0 radical (unpaired) electrons. The summed E-state index contributed by atoms with van der Waals surface area (Å²) in [6.07, 6.45) is 1.50. The van der Waals surface area contributed by atoms with Gasteiger partial charge in [-0.1, -0.05) is 12.1 Å². The van der Waals surface area contributed by atoms with E-state index in [0.29, 0.717) is 22.8 Å². The lowest BCUT2D eigenvalue weighted by Crippen LogP contribution is -2.16. The minimum absolute atomic E-state index is 0.147. The highest BCUT2D eigenvalue weighted by Gasteiger charge is 2.14. The maximum absolute atomic E-state index is 12.2. The van der Waals surface area contributed by atoms with E-state index >= 15 is 0 Å². The second kappa shape index (κ2) is 7.60. The van der Waals surface area contributed by atoms with Gasteiger partial charge in [0.2, 0.25) is 0 Å². The zero-order valence-corrected chi connectivity index (χ0v) is 14.6. The lowest BCUT2D eigenvalue weighted by atomic mass is 10.2. The number of hydrogen-bond acceptors (Lipinski definition) is 6. The van der Waals surface area contributed by atoms with Gasteiger partial charge in [0, 0.05) is 5.39 Å². The molecule has 0 atom stereocenters. The first-order valence-electron chi connectivity index (χ1n) is 7.78. The molecule has 26 heavy (non-hydrogen) atoms. The summed E-state index contributed by atoms with van der Waals surface area (Å²) in [7, 11) is 4.66. The molecule has 1 N–H and O–H groups in total. The first kappa shape index (κ1) is 17.3. The van der Waals surface area contributed by atoms with Gasteiger partial charge < -0.3 is 18.6 Å². The average Bonchev–Trinajstić information content (AvgIpc) is 3.12. The van der Waals surface area contributed by atoms with Crippen molar-refractivity contribution in [2.45, 2.75) is 0 Å². The molecule has 1 aromatic heterocycles. The zero-order valence-electron chi connectivity index (χ0n) is 14.6.